The van der Waals surface area contributed by atoms with Crippen LogP contribution in [-0.2, 0) is 0 Å². The first-order chi connectivity index (χ1) is 11.1. The third-order valence-corrected chi connectivity index (χ3v) is 4.70. The predicted molar refractivity (Wildman–Crippen MR) is 94.5 cm³/mol. The molecule has 118 valence electrons. The Kier molecular flexibility index (Phi) is 3.08. The van der Waals surface area contributed by atoms with Gasteiger partial charge in [0.1, 0.15) is 6.17 Å². The van der Waals surface area contributed by atoms with Gasteiger partial charge in [0.05, 0.1) is 5.69 Å². The zero-order valence-electron chi connectivity index (χ0n) is 14.0. The molecule has 0 N–H and O–H groups in total. The van der Waals surface area contributed by atoms with Crippen LogP contribution < -0.4 is 4.90 Å². The molecule has 1 atom stereocenters. The second-order valence-electron chi connectivity index (χ2n) is 6.27. The van der Waals surface area contributed by atoms with Gasteiger partial charge in [-0.15, -0.1) is 0 Å². The molecule has 3 heterocycles. The molecule has 1 aliphatic rings. The van der Waals surface area contributed by atoms with Crippen LogP contribution in [0, 0.1) is 13.8 Å². The number of furan rings is 1. The molecule has 0 radical (unpaired) electrons. The zero-order chi connectivity index (χ0) is 16.1. The lowest BCUT2D eigenvalue weighted by Crippen LogP contribution is -2.36. The standard InChI is InChI=1S/C19H21N3O/c1-5-16-21(4)10-11-22(16)17-12(2)6-8-14-15-9-7-13(3)20-19(15)23-18(14)17/h6-11,16H,5H2,1-4H3. The maximum absolute atomic E-state index is 6.18. The summed E-state index contributed by atoms with van der Waals surface area (Å²) in [6.07, 6.45) is 5.62. The quantitative estimate of drug-likeness (QED) is 0.695. The maximum Gasteiger partial charge on any atom is 0.227 e. The molecule has 1 aliphatic heterocycles. The summed E-state index contributed by atoms with van der Waals surface area (Å²) in [5, 5.41) is 2.21. The maximum atomic E-state index is 6.18. The molecular weight excluding hydrogens is 286 g/mol. The summed E-state index contributed by atoms with van der Waals surface area (Å²) in [6.45, 7) is 6.34. The number of fused-ring (bicyclic) bond motifs is 3. The molecule has 0 saturated carbocycles. The number of anilines is 1. The van der Waals surface area contributed by atoms with E-state index in [2.05, 4.69) is 66.3 Å². The van der Waals surface area contributed by atoms with Crippen molar-refractivity contribution in [3.05, 3.63) is 47.9 Å². The number of pyridine rings is 1. The third kappa shape index (κ3) is 2.01. The van der Waals surface area contributed by atoms with E-state index in [1.54, 1.807) is 0 Å². The van der Waals surface area contributed by atoms with Crippen LogP contribution in [0.25, 0.3) is 22.1 Å². The molecule has 0 saturated heterocycles. The fourth-order valence-electron chi connectivity index (χ4n) is 3.50. The van der Waals surface area contributed by atoms with E-state index < -0.39 is 0 Å². The Morgan fingerprint density at radius 1 is 1.09 bits per heavy atom. The highest BCUT2D eigenvalue weighted by Crippen LogP contribution is 2.39. The smallest absolute Gasteiger partial charge is 0.227 e. The van der Waals surface area contributed by atoms with Gasteiger partial charge >= 0.3 is 0 Å². The Balaban J connectivity index is 2.00. The van der Waals surface area contributed by atoms with Gasteiger partial charge < -0.3 is 14.2 Å². The van der Waals surface area contributed by atoms with E-state index in [9.17, 15) is 0 Å². The van der Waals surface area contributed by atoms with E-state index in [4.69, 9.17) is 4.42 Å². The summed E-state index contributed by atoms with van der Waals surface area (Å²) in [5.74, 6) is 0. The second kappa shape index (κ2) is 5.01. The van der Waals surface area contributed by atoms with E-state index in [1.807, 2.05) is 13.0 Å². The summed E-state index contributed by atoms with van der Waals surface area (Å²) < 4.78 is 6.18. The minimum atomic E-state index is 0.321. The second-order valence-corrected chi connectivity index (χ2v) is 6.27. The molecule has 0 spiro atoms. The normalized spacial score (nSPS) is 17.8. The molecule has 1 unspecified atom stereocenters. The van der Waals surface area contributed by atoms with Crippen LogP contribution in [0.2, 0.25) is 0 Å². The topological polar surface area (TPSA) is 32.5 Å². The van der Waals surface area contributed by atoms with Crippen LogP contribution in [0.5, 0.6) is 0 Å². The highest BCUT2D eigenvalue weighted by atomic mass is 16.3. The molecule has 0 bridgehead atoms. The lowest BCUT2D eigenvalue weighted by Gasteiger charge is -2.30. The number of aromatic nitrogens is 1. The Bertz CT molecular complexity index is 925. The first kappa shape index (κ1) is 14.1. The van der Waals surface area contributed by atoms with E-state index in [-0.39, 0.29) is 0 Å². The molecule has 4 heteroatoms. The van der Waals surface area contributed by atoms with Gasteiger partial charge in [0.15, 0.2) is 5.58 Å². The van der Waals surface area contributed by atoms with Gasteiger partial charge in [0.2, 0.25) is 5.71 Å². The lowest BCUT2D eigenvalue weighted by atomic mass is 10.1. The van der Waals surface area contributed by atoms with Gasteiger partial charge in [0.25, 0.3) is 0 Å². The van der Waals surface area contributed by atoms with Crippen molar-refractivity contribution in [3.63, 3.8) is 0 Å². The van der Waals surface area contributed by atoms with E-state index in [1.165, 1.54) is 5.56 Å². The number of aryl methyl sites for hydroxylation is 2. The fraction of sp³-hybridized carbons (Fsp3) is 0.316. The van der Waals surface area contributed by atoms with Gasteiger partial charge in [-0.1, -0.05) is 19.1 Å². The first-order valence-corrected chi connectivity index (χ1v) is 8.08. The van der Waals surface area contributed by atoms with Crippen LogP contribution in [0.15, 0.2) is 41.1 Å². The molecule has 4 nitrogen and oxygen atoms in total. The van der Waals surface area contributed by atoms with Crippen LogP contribution in [0.1, 0.15) is 24.6 Å². The average Bonchev–Trinajstić information content (AvgIpc) is 3.06. The van der Waals surface area contributed by atoms with E-state index >= 15 is 0 Å². The van der Waals surface area contributed by atoms with Gasteiger partial charge in [-0.2, -0.15) is 0 Å². The van der Waals surface area contributed by atoms with Gasteiger partial charge in [-0.05, 0) is 38.0 Å². The number of hydrogen-bond acceptors (Lipinski definition) is 4. The van der Waals surface area contributed by atoms with Gasteiger partial charge in [-0.25, -0.2) is 4.98 Å². The Hall–Kier alpha value is -2.49. The highest BCUT2D eigenvalue weighted by molar-refractivity contribution is 6.08. The summed E-state index contributed by atoms with van der Waals surface area (Å²) in [5.41, 5.74) is 4.98. The third-order valence-electron chi connectivity index (χ3n) is 4.70. The van der Waals surface area contributed by atoms with E-state index in [0.29, 0.717) is 6.17 Å². The Morgan fingerprint density at radius 2 is 1.87 bits per heavy atom. The SMILES string of the molecule is CCC1N(C)C=CN1c1c(C)ccc2c1oc1nc(C)ccc12. The Labute approximate surface area is 136 Å². The monoisotopic (exact) mass is 307 g/mol. The molecule has 0 fully saturated rings. The zero-order valence-corrected chi connectivity index (χ0v) is 14.0. The molecule has 0 aliphatic carbocycles. The number of nitrogens with zero attached hydrogens (tertiary/aromatic N) is 3. The number of benzene rings is 1. The fourth-order valence-corrected chi connectivity index (χ4v) is 3.50. The molecule has 3 aromatic rings. The summed E-state index contributed by atoms with van der Waals surface area (Å²) in [7, 11) is 2.11. The van der Waals surface area contributed by atoms with Crippen LogP contribution >= 0.6 is 0 Å². The van der Waals surface area contributed by atoms with E-state index in [0.717, 1.165) is 39.9 Å². The predicted octanol–water partition coefficient (Wildman–Crippen LogP) is 4.56. The van der Waals surface area contributed by atoms with Gasteiger partial charge in [-0.3, -0.25) is 0 Å². The number of hydrogen-bond donors (Lipinski definition) is 0. The minimum Gasteiger partial charge on any atom is -0.435 e. The van der Waals surface area contributed by atoms with Crippen molar-refractivity contribution in [2.45, 2.75) is 33.4 Å². The average molecular weight is 307 g/mol. The Morgan fingerprint density at radius 3 is 2.65 bits per heavy atom. The summed E-state index contributed by atoms with van der Waals surface area (Å²) in [4.78, 5) is 9.10. The van der Waals surface area contributed by atoms with Crippen LogP contribution in [0.3, 0.4) is 0 Å². The highest BCUT2D eigenvalue weighted by Gasteiger charge is 2.27. The van der Waals surface area contributed by atoms with Crippen molar-refractivity contribution >= 4 is 27.8 Å². The van der Waals surface area contributed by atoms with Gasteiger partial charge in [0, 0.05) is 35.9 Å². The lowest BCUT2D eigenvalue weighted by molar-refractivity contribution is 0.349. The van der Waals surface area contributed by atoms with Crippen LogP contribution in [0.4, 0.5) is 5.69 Å². The minimum absolute atomic E-state index is 0.321. The molecule has 1 aromatic carbocycles. The van der Waals surface area contributed by atoms with Crippen LogP contribution in [-0.4, -0.2) is 23.1 Å². The number of rotatable bonds is 2. The summed E-state index contributed by atoms with van der Waals surface area (Å²) in [6, 6.07) is 8.45. The molecule has 0 amide bonds. The molecular formula is C19H21N3O. The van der Waals surface area contributed by atoms with Crippen molar-refractivity contribution < 1.29 is 4.42 Å². The van der Waals surface area contributed by atoms with Crippen molar-refractivity contribution in [2.24, 2.45) is 0 Å². The molecule has 2 aromatic heterocycles. The largest absolute Gasteiger partial charge is 0.435 e. The van der Waals surface area contributed by atoms with Crippen molar-refractivity contribution in [1.82, 2.24) is 9.88 Å². The molecule has 4 rings (SSSR count). The molecule has 23 heavy (non-hydrogen) atoms. The van der Waals surface area contributed by atoms with Crippen molar-refractivity contribution in [1.29, 1.82) is 0 Å². The van der Waals surface area contributed by atoms with Crippen molar-refractivity contribution in [2.75, 3.05) is 11.9 Å². The summed E-state index contributed by atoms with van der Waals surface area (Å²) >= 11 is 0. The van der Waals surface area contributed by atoms with Crippen molar-refractivity contribution in [3.8, 4) is 0 Å². The first-order valence-electron chi connectivity index (χ1n) is 8.08.